The molecular weight excluding hydrogens is 337 g/mol. The Bertz CT molecular complexity index is 625. The van der Waals surface area contributed by atoms with Crippen molar-refractivity contribution < 1.29 is 26.2 Å². The molecule has 1 aromatic carbocycles. The van der Waals surface area contributed by atoms with Crippen molar-refractivity contribution in [2.45, 2.75) is 50.0 Å². The molecular formula is C15H18F5NOS. The van der Waals surface area contributed by atoms with Gasteiger partial charge in [0.2, 0.25) is 0 Å². The molecule has 2 nitrogen and oxygen atoms in total. The van der Waals surface area contributed by atoms with Crippen LogP contribution in [0, 0.1) is 17.6 Å². The second kappa shape index (κ2) is 6.12. The van der Waals surface area contributed by atoms with Crippen molar-refractivity contribution in [3.63, 3.8) is 0 Å². The summed E-state index contributed by atoms with van der Waals surface area (Å²) in [6.45, 7) is 3.27. The third-order valence-corrected chi connectivity index (χ3v) is 5.49. The van der Waals surface area contributed by atoms with E-state index in [0.29, 0.717) is 6.07 Å². The third-order valence-electron chi connectivity index (χ3n) is 4.24. The van der Waals surface area contributed by atoms with Gasteiger partial charge in [-0.25, -0.2) is 13.0 Å². The predicted molar refractivity (Wildman–Crippen MR) is 77.9 cm³/mol. The highest BCUT2D eigenvalue weighted by molar-refractivity contribution is 7.84. The number of halogens is 5. The van der Waals surface area contributed by atoms with Crippen LogP contribution >= 0.6 is 0 Å². The van der Waals surface area contributed by atoms with Gasteiger partial charge in [0.15, 0.2) is 0 Å². The number of alkyl halides is 3. The molecule has 0 aromatic heterocycles. The second-order valence-corrected chi connectivity index (χ2v) is 8.26. The van der Waals surface area contributed by atoms with Gasteiger partial charge in [-0.3, -0.25) is 5.14 Å². The molecule has 8 heteroatoms. The number of benzene rings is 1. The van der Waals surface area contributed by atoms with E-state index >= 15 is 0 Å². The molecule has 2 N–H and O–H groups in total. The molecule has 1 saturated carbocycles. The average molecular weight is 355 g/mol. The summed E-state index contributed by atoms with van der Waals surface area (Å²) in [6.07, 6.45) is -3.18. The highest BCUT2D eigenvalue weighted by atomic mass is 32.2. The lowest BCUT2D eigenvalue weighted by Crippen LogP contribution is -2.34. The normalized spacial score (nSPS) is 18.8. The van der Waals surface area contributed by atoms with Crippen LogP contribution in [0.2, 0.25) is 0 Å². The first-order chi connectivity index (χ1) is 10.4. The van der Waals surface area contributed by atoms with Gasteiger partial charge in [0.25, 0.3) is 0 Å². The minimum absolute atomic E-state index is 0.0449. The van der Waals surface area contributed by atoms with E-state index in [1.807, 2.05) is 0 Å². The molecule has 0 amide bonds. The molecule has 2 atom stereocenters. The average Bonchev–Trinajstić information content (AvgIpc) is 3.21. The maximum atomic E-state index is 14.2. The zero-order chi connectivity index (χ0) is 17.6. The van der Waals surface area contributed by atoms with E-state index in [-0.39, 0.29) is 24.0 Å². The minimum atomic E-state index is -4.95. The number of nitrogens with two attached hydrogens (primary N) is 1. The molecule has 0 heterocycles. The summed E-state index contributed by atoms with van der Waals surface area (Å²) in [4.78, 5) is 0. The summed E-state index contributed by atoms with van der Waals surface area (Å²) in [5.41, 5.74) is -1.72. The predicted octanol–water partition coefficient (Wildman–Crippen LogP) is 4.27. The molecule has 0 bridgehead atoms. The van der Waals surface area contributed by atoms with Crippen LogP contribution in [0.4, 0.5) is 22.0 Å². The standard InChI is InChI=1S/C15H18F5NOS/c1-14(2,23(21)22)7-10(8-3-4-8)9-5-13(17)11(6-12(9)16)15(18,19)20/h5-6,8,10H,3-4,7,21H2,1-2H3/t10-,23?/m0/s1. The van der Waals surface area contributed by atoms with Crippen LogP contribution in [0.5, 0.6) is 0 Å². The number of hydrogen-bond acceptors (Lipinski definition) is 1. The highest BCUT2D eigenvalue weighted by Crippen LogP contribution is 2.48. The molecule has 23 heavy (non-hydrogen) atoms. The lowest BCUT2D eigenvalue weighted by atomic mass is 9.85. The van der Waals surface area contributed by atoms with Gasteiger partial charge < -0.3 is 0 Å². The molecule has 0 radical (unpaired) electrons. The van der Waals surface area contributed by atoms with Crippen LogP contribution in [0.1, 0.15) is 50.2 Å². The van der Waals surface area contributed by atoms with Crippen LogP contribution in [-0.2, 0) is 17.2 Å². The first kappa shape index (κ1) is 18.3. The van der Waals surface area contributed by atoms with Crippen molar-refractivity contribution in [2.75, 3.05) is 0 Å². The van der Waals surface area contributed by atoms with Crippen LogP contribution in [0.3, 0.4) is 0 Å². The molecule has 1 unspecified atom stereocenters. The molecule has 1 aromatic rings. The Morgan fingerprint density at radius 2 is 1.78 bits per heavy atom. The Kier molecular flexibility index (Phi) is 4.88. The van der Waals surface area contributed by atoms with Crippen LogP contribution in [0.25, 0.3) is 0 Å². The van der Waals surface area contributed by atoms with Gasteiger partial charge in [-0.2, -0.15) is 13.2 Å². The highest BCUT2D eigenvalue weighted by Gasteiger charge is 2.41. The van der Waals surface area contributed by atoms with E-state index in [1.165, 1.54) is 0 Å². The van der Waals surface area contributed by atoms with Crippen molar-refractivity contribution in [2.24, 2.45) is 11.1 Å². The molecule has 0 aliphatic heterocycles. The topological polar surface area (TPSA) is 43.1 Å². The summed E-state index contributed by atoms with van der Waals surface area (Å²) < 4.78 is 76.7. The Labute approximate surface area is 133 Å². The van der Waals surface area contributed by atoms with Gasteiger partial charge in [-0.1, -0.05) is 0 Å². The van der Waals surface area contributed by atoms with Crippen LogP contribution < -0.4 is 5.14 Å². The fourth-order valence-electron chi connectivity index (χ4n) is 2.70. The minimum Gasteiger partial charge on any atom is -0.251 e. The van der Waals surface area contributed by atoms with Gasteiger partial charge in [0, 0.05) is 0 Å². The summed E-state index contributed by atoms with van der Waals surface area (Å²) in [7, 11) is -1.69. The SMILES string of the molecule is CC(C)(C[C@H](c1cc(F)c(C(F)(F)F)cc1F)C1CC1)S(N)=O. The quantitative estimate of drug-likeness (QED) is 0.788. The van der Waals surface area contributed by atoms with E-state index in [9.17, 15) is 26.2 Å². The second-order valence-electron chi connectivity index (χ2n) is 6.56. The molecule has 2 rings (SSSR count). The fourth-order valence-corrected chi connectivity index (χ4v) is 3.05. The zero-order valence-corrected chi connectivity index (χ0v) is 13.5. The van der Waals surface area contributed by atoms with E-state index in [4.69, 9.17) is 5.14 Å². The van der Waals surface area contributed by atoms with E-state index in [0.717, 1.165) is 12.8 Å². The summed E-state index contributed by atoms with van der Waals surface area (Å²) in [5.74, 6) is -3.04. The first-order valence-corrected chi connectivity index (χ1v) is 8.37. The lowest BCUT2D eigenvalue weighted by molar-refractivity contribution is -0.140. The number of rotatable bonds is 5. The van der Waals surface area contributed by atoms with Gasteiger partial charge in [-0.05, 0) is 62.6 Å². The van der Waals surface area contributed by atoms with Crippen molar-refractivity contribution in [1.82, 2.24) is 0 Å². The third kappa shape index (κ3) is 4.09. The van der Waals surface area contributed by atoms with Crippen molar-refractivity contribution in [1.29, 1.82) is 0 Å². The van der Waals surface area contributed by atoms with Crippen LogP contribution in [-0.4, -0.2) is 8.96 Å². The van der Waals surface area contributed by atoms with Gasteiger partial charge in [0.1, 0.15) is 11.6 Å². The van der Waals surface area contributed by atoms with Crippen molar-refractivity contribution >= 4 is 11.0 Å². The van der Waals surface area contributed by atoms with Crippen molar-refractivity contribution in [3.05, 3.63) is 34.9 Å². The Morgan fingerprint density at radius 1 is 1.22 bits per heavy atom. The molecule has 1 aliphatic carbocycles. The maximum Gasteiger partial charge on any atom is 0.419 e. The summed E-state index contributed by atoms with van der Waals surface area (Å²) >= 11 is 0. The van der Waals surface area contributed by atoms with Crippen LogP contribution in [0.15, 0.2) is 12.1 Å². The molecule has 130 valence electrons. The smallest absolute Gasteiger partial charge is 0.251 e. The number of hydrogen-bond donors (Lipinski definition) is 1. The van der Waals surface area contributed by atoms with Gasteiger partial charge in [0.05, 0.1) is 21.3 Å². The Hall–Kier alpha value is -1.02. The molecule has 0 spiro atoms. The Morgan fingerprint density at radius 3 is 2.22 bits per heavy atom. The largest absolute Gasteiger partial charge is 0.419 e. The molecule has 1 fully saturated rings. The van der Waals surface area contributed by atoms with E-state index in [1.54, 1.807) is 13.8 Å². The first-order valence-electron chi connectivity index (χ1n) is 7.16. The Balaban J connectivity index is 2.41. The lowest BCUT2D eigenvalue weighted by Gasteiger charge is -2.28. The maximum absolute atomic E-state index is 14.2. The molecule has 1 aliphatic rings. The zero-order valence-electron chi connectivity index (χ0n) is 12.7. The summed E-state index contributed by atoms with van der Waals surface area (Å²) in [5, 5.41) is 5.42. The van der Waals surface area contributed by atoms with Crippen molar-refractivity contribution in [3.8, 4) is 0 Å². The fraction of sp³-hybridized carbons (Fsp3) is 0.600. The summed E-state index contributed by atoms with van der Waals surface area (Å²) in [6, 6.07) is 0.823. The van der Waals surface area contributed by atoms with Gasteiger partial charge in [-0.15, -0.1) is 0 Å². The van der Waals surface area contributed by atoms with E-state index < -0.39 is 45.0 Å². The van der Waals surface area contributed by atoms with Gasteiger partial charge >= 0.3 is 6.18 Å². The monoisotopic (exact) mass is 355 g/mol. The van der Waals surface area contributed by atoms with E-state index in [2.05, 4.69) is 0 Å². The molecule has 0 saturated heterocycles.